The summed E-state index contributed by atoms with van der Waals surface area (Å²) in [6, 6.07) is 1.82. The highest BCUT2D eigenvalue weighted by molar-refractivity contribution is 8.00. The van der Waals surface area contributed by atoms with Gasteiger partial charge in [0.05, 0.1) is 19.9 Å². The summed E-state index contributed by atoms with van der Waals surface area (Å²) in [4.78, 5) is 4.40. The van der Waals surface area contributed by atoms with Crippen LogP contribution in [0, 0.1) is 0 Å². The molecule has 1 aromatic rings. The van der Waals surface area contributed by atoms with Crippen molar-refractivity contribution in [1.82, 2.24) is 10.3 Å². The summed E-state index contributed by atoms with van der Waals surface area (Å²) in [6.07, 6.45) is 9.30. The monoisotopic (exact) mass is 296 g/mol. The van der Waals surface area contributed by atoms with Crippen LogP contribution in [-0.2, 0) is 6.54 Å². The van der Waals surface area contributed by atoms with Crippen LogP contribution < -0.4 is 14.8 Å². The van der Waals surface area contributed by atoms with E-state index in [0.29, 0.717) is 11.3 Å². The van der Waals surface area contributed by atoms with Gasteiger partial charge in [0.1, 0.15) is 0 Å². The zero-order chi connectivity index (χ0) is 14.4. The third-order valence-electron chi connectivity index (χ3n) is 4.05. The van der Waals surface area contributed by atoms with Gasteiger partial charge in [0.15, 0.2) is 11.5 Å². The van der Waals surface area contributed by atoms with Gasteiger partial charge in [0.2, 0.25) is 0 Å². The van der Waals surface area contributed by atoms with Crippen LogP contribution in [0.2, 0.25) is 0 Å². The number of methoxy groups -OCH3 is 2. The second kappa shape index (κ2) is 7.18. The maximum Gasteiger partial charge on any atom is 0.183 e. The Labute approximate surface area is 125 Å². The van der Waals surface area contributed by atoms with Crippen LogP contribution in [-0.4, -0.2) is 36.8 Å². The lowest BCUT2D eigenvalue weighted by molar-refractivity contribution is 0.347. The van der Waals surface area contributed by atoms with Crippen LogP contribution in [0.1, 0.15) is 31.4 Å². The average molecular weight is 296 g/mol. The Bertz CT molecular complexity index is 434. The molecule has 0 spiro atoms. The van der Waals surface area contributed by atoms with Crippen LogP contribution in [0.15, 0.2) is 12.3 Å². The lowest BCUT2D eigenvalue weighted by Crippen LogP contribution is -2.35. The summed E-state index contributed by atoms with van der Waals surface area (Å²) < 4.78 is 11.1. The predicted octanol–water partition coefficient (Wildman–Crippen LogP) is 2.86. The van der Waals surface area contributed by atoms with Crippen molar-refractivity contribution in [1.29, 1.82) is 0 Å². The summed E-state index contributed by atoms with van der Waals surface area (Å²) in [7, 11) is 3.31. The number of hydrogen-bond donors (Lipinski definition) is 1. The molecule has 0 atom stereocenters. The largest absolute Gasteiger partial charge is 0.493 e. The molecule has 5 heteroatoms. The summed E-state index contributed by atoms with van der Waals surface area (Å²) in [5, 5.41) is 3.54. The Morgan fingerprint density at radius 2 is 2.05 bits per heavy atom. The molecule has 0 saturated heterocycles. The molecule has 2 rings (SSSR count). The standard InChI is InChI=1S/C15H24N2O2S/c1-18-13-6-9-17-12(14(13)19-2)10-16-11-15(20-3)7-4-5-8-15/h6,9,16H,4-5,7-8,10-11H2,1-3H3. The van der Waals surface area contributed by atoms with E-state index in [1.807, 2.05) is 17.8 Å². The first kappa shape index (κ1) is 15.4. The van der Waals surface area contributed by atoms with E-state index in [0.717, 1.165) is 23.7 Å². The summed E-state index contributed by atoms with van der Waals surface area (Å²) >= 11 is 1.99. The van der Waals surface area contributed by atoms with Crippen molar-refractivity contribution in [2.75, 3.05) is 27.0 Å². The SMILES string of the molecule is COc1ccnc(CNCC2(SC)CCCC2)c1OC. The zero-order valence-electron chi connectivity index (χ0n) is 12.6. The minimum atomic E-state index is 0.409. The van der Waals surface area contributed by atoms with Crippen molar-refractivity contribution >= 4 is 11.8 Å². The van der Waals surface area contributed by atoms with Crippen molar-refractivity contribution in [3.63, 3.8) is 0 Å². The fourth-order valence-corrected chi connectivity index (χ4v) is 3.80. The molecule has 0 bridgehead atoms. The van der Waals surface area contributed by atoms with Gasteiger partial charge >= 0.3 is 0 Å². The summed E-state index contributed by atoms with van der Waals surface area (Å²) in [5.74, 6) is 1.46. The molecule has 0 amide bonds. The van der Waals surface area contributed by atoms with E-state index in [1.54, 1.807) is 20.4 Å². The molecule has 0 unspecified atom stereocenters. The molecule has 0 radical (unpaired) electrons. The van der Waals surface area contributed by atoms with Gasteiger partial charge in [-0.3, -0.25) is 4.98 Å². The molecule has 0 aliphatic heterocycles. The Balaban J connectivity index is 1.97. The Morgan fingerprint density at radius 3 is 2.65 bits per heavy atom. The van der Waals surface area contributed by atoms with E-state index < -0.39 is 0 Å². The van der Waals surface area contributed by atoms with Gasteiger partial charge in [0.25, 0.3) is 0 Å². The van der Waals surface area contributed by atoms with Gasteiger partial charge in [-0.25, -0.2) is 0 Å². The smallest absolute Gasteiger partial charge is 0.183 e. The minimum absolute atomic E-state index is 0.409. The number of pyridine rings is 1. The topological polar surface area (TPSA) is 43.4 Å². The molecule has 1 heterocycles. The lowest BCUT2D eigenvalue weighted by Gasteiger charge is -2.27. The van der Waals surface area contributed by atoms with E-state index in [-0.39, 0.29) is 0 Å². The van der Waals surface area contributed by atoms with Gasteiger partial charge in [-0.1, -0.05) is 12.8 Å². The number of rotatable bonds is 7. The second-order valence-corrected chi connectivity index (χ2v) is 6.47. The lowest BCUT2D eigenvalue weighted by atomic mass is 10.1. The zero-order valence-corrected chi connectivity index (χ0v) is 13.4. The van der Waals surface area contributed by atoms with Crippen molar-refractivity contribution in [3.05, 3.63) is 18.0 Å². The van der Waals surface area contributed by atoms with E-state index >= 15 is 0 Å². The number of aromatic nitrogens is 1. The molecule has 20 heavy (non-hydrogen) atoms. The van der Waals surface area contributed by atoms with Crippen LogP contribution in [0.3, 0.4) is 0 Å². The molecular formula is C15H24N2O2S. The van der Waals surface area contributed by atoms with Gasteiger partial charge in [-0.15, -0.1) is 0 Å². The van der Waals surface area contributed by atoms with E-state index in [2.05, 4.69) is 16.6 Å². The van der Waals surface area contributed by atoms with Crippen molar-refractivity contribution < 1.29 is 9.47 Å². The Hall–Kier alpha value is -0.940. The van der Waals surface area contributed by atoms with Gasteiger partial charge in [-0.05, 0) is 19.1 Å². The second-order valence-electron chi connectivity index (χ2n) is 5.19. The van der Waals surface area contributed by atoms with Crippen molar-refractivity contribution in [3.8, 4) is 11.5 Å². The normalized spacial score (nSPS) is 17.1. The van der Waals surface area contributed by atoms with Gasteiger partial charge in [0, 0.05) is 30.1 Å². The predicted molar refractivity (Wildman–Crippen MR) is 83.8 cm³/mol. The molecule has 1 N–H and O–H groups in total. The van der Waals surface area contributed by atoms with E-state index in [9.17, 15) is 0 Å². The van der Waals surface area contributed by atoms with Crippen LogP contribution >= 0.6 is 11.8 Å². The summed E-state index contributed by atoms with van der Waals surface area (Å²) in [6.45, 7) is 1.74. The first-order valence-corrected chi connectivity index (χ1v) is 8.29. The molecule has 1 aromatic heterocycles. The third kappa shape index (κ3) is 3.38. The number of thioether (sulfide) groups is 1. The van der Waals surface area contributed by atoms with Crippen LogP contribution in [0.25, 0.3) is 0 Å². The molecule has 4 nitrogen and oxygen atoms in total. The number of hydrogen-bond acceptors (Lipinski definition) is 5. The maximum atomic E-state index is 5.41. The first-order valence-electron chi connectivity index (χ1n) is 7.06. The van der Waals surface area contributed by atoms with Crippen LogP contribution in [0.4, 0.5) is 0 Å². The molecule has 0 aromatic carbocycles. The summed E-state index contributed by atoms with van der Waals surface area (Å²) in [5.41, 5.74) is 0.904. The molecule has 1 aliphatic rings. The third-order valence-corrected chi connectivity index (χ3v) is 5.47. The highest BCUT2D eigenvalue weighted by Gasteiger charge is 2.32. The first-order chi connectivity index (χ1) is 9.74. The quantitative estimate of drug-likeness (QED) is 0.838. The Kier molecular flexibility index (Phi) is 5.54. The van der Waals surface area contributed by atoms with Gasteiger partial charge < -0.3 is 14.8 Å². The fourth-order valence-electron chi connectivity index (χ4n) is 2.86. The molecule has 1 fully saturated rings. The molecule has 112 valence electrons. The highest BCUT2D eigenvalue weighted by atomic mass is 32.2. The van der Waals surface area contributed by atoms with Gasteiger partial charge in [-0.2, -0.15) is 11.8 Å². The minimum Gasteiger partial charge on any atom is -0.493 e. The van der Waals surface area contributed by atoms with Crippen LogP contribution in [0.5, 0.6) is 11.5 Å². The average Bonchev–Trinajstić information content (AvgIpc) is 2.96. The molecular weight excluding hydrogens is 272 g/mol. The number of ether oxygens (including phenoxy) is 2. The Morgan fingerprint density at radius 1 is 1.30 bits per heavy atom. The number of nitrogens with one attached hydrogen (secondary N) is 1. The van der Waals surface area contributed by atoms with E-state index in [1.165, 1.54) is 25.7 Å². The highest BCUT2D eigenvalue weighted by Crippen LogP contribution is 2.39. The van der Waals surface area contributed by atoms with E-state index in [4.69, 9.17) is 9.47 Å². The van der Waals surface area contributed by atoms with Crippen molar-refractivity contribution in [2.24, 2.45) is 0 Å². The molecule has 1 aliphatic carbocycles. The fraction of sp³-hybridized carbons (Fsp3) is 0.667. The number of nitrogens with zero attached hydrogens (tertiary/aromatic N) is 1. The maximum absolute atomic E-state index is 5.41. The molecule has 1 saturated carbocycles. The van der Waals surface area contributed by atoms with Crippen molar-refractivity contribution in [2.45, 2.75) is 37.0 Å².